The maximum atomic E-state index is 12.6. The van der Waals surface area contributed by atoms with Gasteiger partial charge in [-0.25, -0.2) is 0 Å². The van der Waals surface area contributed by atoms with Gasteiger partial charge in [0.2, 0.25) is 5.91 Å². The van der Waals surface area contributed by atoms with Crippen LogP contribution in [0.3, 0.4) is 0 Å². The van der Waals surface area contributed by atoms with E-state index in [1.54, 1.807) is 0 Å². The summed E-state index contributed by atoms with van der Waals surface area (Å²) in [6.45, 7) is 4.99. The minimum Gasteiger partial charge on any atom is -0.466 e. The molecular formula is C81H155NO5. The third-order valence-corrected chi connectivity index (χ3v) is 18.7. The first-order valence-corrected chi connectivity index (χ1v) is 39.7. The zero-order valence-corrected chi connectivity index (χ0v) is 59.0. The van der Waals surface area contributed by atoms with Crippen molar-refractivity contribution in [3.8, 4) is 0 Å². The van der Waals surface area contributed by atoms with Crippen molar-refractivity contribution >= 4 is 11.9 Å². The first-order chi connectivity index (χ1) is 43.0. The predicted molar refractivity (Wildman–Crippen MR) is 384 cm³/mol. The molecule has 0 aliphatic rings. The Morgan fingerprint density at radius 1 is 0.322 bits per heavy atom. The molecule has 2 unspecified atom stereocenters. The number of ether oxygens (including phenoxy) is 1. The molecule has 3 N–H and O–H groups in total. The highest BCUT2D eigenvalue weighted by Crippen LogP contribution is 2.20. The molecule has 0 radical (unpaired) electrons. The lowest BCUT2D eigenvalue weighted by atomic mass is 10.0. The molecule has 0 aromatic rings. The van der Waals surface area contributed by atoms with E-state index in [9.17, 15) is 19.8 Å². The highest BCUT2D eigenvalue weighted by atomic mass is 16.5. The molecule has 0 aromatic carbocycles. The molecule has 0 spiro atoms. The van der Waals surface area contributed by atoms with Gasteiger partial charge in [0.05, 0.1) is 25.4 Å². The summed E-state index contributed by atoms with van der Waals surface area (Å²) in [7, 11) is 0. The molecule has 0 saturated heterocycles. The van der Waals surface area contributed by atoms with Crippen LogP contribution in [0.5, 0.6) is 0 Å². The zero-order chi connectivity index (χ0) is 62.8. The number of nitrogens with one attached hydrogen (secondary N) is 1. The summed E-state index contributed by atoms with van der Waals surface area (Å²) >= 11 is 0. The Morgan fingerprint density at radius 2 is 0.575 bits per heavy atom. The number of carbonyl (C=O) groups is 2. The maximum Gasteiger partial charge on any atom is 0.305 e. The lowest BCUT2D eigenvalue weighted by molar-refractivity contribution is -0.143. The van der Waals surface area contributed by atoms with E-state index in [1.807, 2.05) is 0 Å². The summed E-state index contributed by atoms with van der Waals surface area (Å²) in [5.74, 6) is -0.0161. The number of rotatable bonds is 75. The van der Waals surface area contributed by atoms with Gasteiger partial charge in [0.1, 0.15) is 0 Å². The van der Waals surface area contributed by atoms with Crippen molar-refractivity contribution in [3.05, 3.63) is 36.5 Å². The second-order valence-electron chi connectivity index (χ2n) is 27.4. The van der Waals surface area contributed by atoms with Crippen LogP contribution >= 0.6 is 0 Å². The second kappa shape index (κ2) is 76.5. The lowest BCUT2D eigenvalue weighted by Crippen LogP contribution is -2.45. The number of hydrogen-bond acceptors (Lipinski definition) is 5. The topological polar surface area (TPSA) is 95.9 Å². The van der Waals surface area contributed by atoms with E-state index in [0.717, 1.165) is 51.4 Å². The quantitative estimate of drug-likeness (QED) is 0.0320. The monoisotopic (exact) mass is 1220 g/mol. The molecule has 1 amide bonds. The molecule has 0 heterocycles. The van der Waals surface area contributed by atoms with Gasteiger partial charge in [-0.05, 0) is 83.5 Å². The van der Waals surface area contributed by atoms with Crippen LogP contribution in [0.15, 0.2) is 36.5 Å². The average molecular weight is 1220 g/mol. The Labute approximate surface area is 544 Å². The minimum absolute atomic E-state index is 0.0136. The number of carbonyl (C=O) groups excluding carboxylic acids is 2. The normalized spacial score (nSPS) is 12.6. The Bertz CT molecular complexity index is 1410. The summed E-state index contributed by atoms with van der Waals surface area (Å²) in [5, 5.41) is 23.4. The number of esters is 1. The average Bonchev–Trinajstić information content (AvgIpc) is 3.53. The third-order valence-electron chi connectivity index (χ3n) is 18.7. The van der Waals surface area contributed by atoms with Gasteiger partial charge in [0, 0.05) is 12.8 Å². The number of hydrogen-bond donors (Lipinski definition) is 3. The Hall–Kier alpha value is -1.92. The molecular weight excluding hydrogens is 1070 g/mol. The van der Waals surface area contributed by atoms with Crippen molar-refractivity contribution in [2.45, 2.75) is 456 Å². The first kappa shape index (κ1) is 85.1. The van der Waals surface area contributed by atoms with Crippen molar-refractivity contribution in [1.82, 2.24) is 5.32 Å². The number of unbranched alkanes of at least 4 members (excludes halogenated alkanes) is 58. The van der Waals surface area contributed by atoms with Gasteiger partial charge in [-0.15, -0.1) is 0 Å². The molecule has 0 bridgehead atoms. The van der Waals surface area contributed by atoms with E-state index in [1.165, 1.54) is 360 Å². The van der Waals surface area contributed by atoms with Gasteiger partial charge in [0.25, 0.3) is 0 Å². The van der Waals surface area contributed by atoms with Crippen LogP contribution in [0.2, 0.25) is 0 Å². The van der Waals surface area contributed by atoms with E-state index in [-0.39, 0.29) is 18.5 Å². The van der Waals surface area contributed by atoms with Crippen LogP contribution in [0.4, 0.5) is 0 Å². The molecule has 2 atom stereocenters. The summed E-state index contributed by atoms with van der Waals surface area (Å²) < 4.78 is 5.51. The standard InChI is InChI=1S/C81H155NO5/c1-3-5-7-9-11-13-15-17-19-21-23-38-41-45-49-53-57-61-65-69-73-79(84)78(77-83)82-80(85)74-70-66-62-58-54-50-46-42-39-35-33-31-29-27-25-24-26-28-30-32-34-36-40-44-48-52-56-60-64-68-72-76-87-81(86)75-71-67-63-59-55-51-47-43-37-22-20-18-16-14-12-10-8-6-4-2/h18,20,26,28,32,34,78-79,83-84H,3-17,19,21-25,27,29-31,33,35-77H2,1-2H3,(H,82,85)/b20-18-,28-26-,34-32-. The first-order valence-electron chi connectivity index (χ1n) is 39.7. The molecule has 87 heavy (non-hydrogen) atoms. The number of aliphatic hydroxyl groups is 2. The Morgan fingerprint density at radius 3 is 0.885 bits per heavy atom. The van der Waals surface area contributed by atoms with Crippen molar-refractivity contribution < 1.29 is 24.5 Å². The third kappa shape index (κ3) is 73.0. The van der Waals surface area contributed by atoms with Crippen LogP contribution in [0.25, 0.3) is 0 Å². The molecule has 0 aliphatic heterocycles. The van der Waals surface area contributed by atoms with Crippen LogP contribution < -0.4 is 5.32 Å². The smallest absolute Gasteiger partial charge is 0.305 e. The van der Waals surface area contributed by atoms with E-state index >= 15 is 0 Å². The Kier molecular flexibility index (Phi) is 74.8. The SMILES string of the molecule is CCCCCCCC/C=C\CCCCCCCCCCCC(=O)OCCCCCCCCCCC/C=C\C/C=C\CCCCCCCCCCCCCCCCCC(=O)NC(CO)C(O)CCCCCCCCCCCCCCCCCCCCCC. The molecule has 0 fully saturated rings. The van der Waals surface area contributed by atoms with Gasteiger partial charge in [-0.3, -0.25) is 9.59 Å². The minimum atomic E-state index is -0.665. The molecule has 0 saturated carbocycles. The predicted octanol–water partition coefficient (Wildman–Crippen LogP) is 26.2. The molecule has 514 valence electrons. The highest BCUT2D eigenvalue weighted by molar-refractivity contribution is 5.76. The number of amides is 1. The van der Waals surface area contributed by atoms with Gasteiger partial charge in [-0.1, -0.05) is 384 Å². The molecule has 0 aliphatic carbocycles. The fraction of sp³-hybridized carbons (Fsp3) is 0.901. The molecule has 6 nitrogen and oxygen atoms in total. The van der Waals surface area contributed by atoms with Crippen LogP contribution in [0, 0.1) is 0 Å². The van der Waals surface area contributed by atoms with E-state index in [2.05, 4.69) is 55.6 Å². The zero-order valence-electron chi connectivity index (χ0n) is 59.0. The molecule has 6 heteroatoms. The summed E-state index contributed by atoms with van der Waals surface area (Å²) in [6, 6.07) is -0.542. The van der Waals surface area contributed by atoms with E-state index in [4.69, 9.17) is 4.74 Å². The largest absolute Gasteiger partial charge is 0.466 e. The van der Waals surface area contributed by atoms with Gasteiger partial charge in [0.15, 0.2) is 0 Å². The van der Waals surface area contributed by atoms with Crippen molar-refractivity contribution in [2.75, 3.05) is 13.2 Å². The van der Waals surface area contributed by atoms with Crippen molar-refractivity contribution in [2.24, 2.45) is 0 Å². The highest BCUT2D eigenvalue weighted by Gasteiger charge is 2.20. The van der Waals surface area contributed by atoms with Crippen molar-refractivity contribution in [3.63, 3.8) is 0 Å². The summed E-state index contributed by atoms with van der Waals surface area (Å²) in [5.41, 5.74) is 0. The van der Waals surface area contributed by atoms with Crippen LogP contribution in [-0.4, -0.2) is 47.4 Å². The summed E-state index contributed by atoms with van der Waals surface area (Å²) in [4.78, 5) is 24.7. The van der Waals surface area contributed by atoms with E-state index in [0.29, 0.717) is 25.9 Å². The van der Waals surface area contributed by atoms with Crippen molar-refractivity contribution in [1.29, 1.82) is 0 Å². The lowest BCUT2D eigenvalue weighted by Gasteiger charge is -2.22. The summed E-state index contributed by atoms with van der Waals surface area (Å²) in [6.07, 6.45) is 99.4. The molecule has 0 aromatic heterocycles. The van der Waals surface area contributed by atoms with E-state index < -0.39 is 12.1 Å². The fourth-order valence-corrected chi connectivity index (χ4v) is 12.6. The fourth-order valence-electron chi connectivity index (χ4n) is 12.6. The number of allylic oxidation sites excluding steroid dienone is 6. The van der Waals surface area contributed by atoms with Gasteiger partial charge < -0.3 is 20.3 Å². The van der Waals surface area contributed by atoms with Crippen LogP contribution in [0.1, 0.15) is 444 Å². The maximum absolute atomic E-state index is 12.6. The molecule has 0 rings (SSSR count). The van der Waals surface area contributed by atoms with Crippen LogP contribution in [-0.2, 0) is 14.3 Å². The second-order valence-corrected chi connectivity index (χ2v) is 27.4. The van der Waals surface area contributed by atoms with Gasteiger partial charge in [-0.2, -0.15) is 0 Å². The Balaban J connectivity index is 3.38. The number of aliphatic hydroxyl groups excluding tert-OH is 2. The van der Waals surface area contributed by atoms with Gasteiger partial charge >= 0.3 is 5.97 Å².